The van der Waals surface area contributed by atoms with Crippen LogP contribution in [-0.4, -0.2) is 19.1 Å². The molecule has 2 aromatic rings. The van der Waals surface area contributed by atoms with Crippen LogP contribution < -0.4 is 10.6 Å². The smallest absolute Gasteiger partial charge is 0.411 e. The molecule has 0 radical (unpaired) electrons. The lowest BCUT2D eigenvalue weighted by atomic mass is 10.2. The Balaban J connectivity index is 2.06. The fourth-order valence-electron chi connectivity index (χ4n) is 1.83. The summed E-state index contributed by atoms with van der Waals surface area (Å²) in [5.41, 5.74) is 0.669. The monoisotopic (exact) mass is 332 g/mol. The topological polar surface area (TPSA) is 67.4 Å². The van der Waals surface area contributed by atoms with E-state index in [0.29, 0.717) is 5.56 Å². The zero-order valence-electron chi connectivity index (χ0n) is 12.7. The van der Waals surface area contributed by atoms with E-state index in [4.69, 9.17) is 0 Å². The normalized spacial score (nSPS) is 10.5. The fourth-order valence-corrected chi connectivity index (χ4v) is 1.83. The first-order valence-corrected chi connectivity index (χ1v) is 6.87. The Labute approximate surface area is 136 Å². The van der Waals surface area contributed by atoms with Crippen molar-refractivity contribution in [2.75, 3.05) is 17.7 Å². The van der Waals surface area contributed by atoms with Gasteiger partial charge in [0.1, 0.15) is 11.6 Å². The van der Waals surface area contributed by atoms with Crippen LogP contribution in [-0.2, 0) is 9.53 Å². The van der Waals surface area contributed by atoms with Gasteiger partial charge in [0.15, 0.2) is 0 Å². The summed E-state index contributed by atoms with van der Waals surface area (Å²) in [5.74, 6) is -1.57. The molecule has 0 aliphatic heterocycles. The van der Waals surface area contributed by atoms with Gasteiger partial charge in [-0.1, -0.05) is 12.1 Å². The number of hydrogen-bond acceptors (Lipinski definition) is 3. The highest BCUT2D eigenvalue weighted by molar-refractivity contribution is 6.02. The Kier molecular flexibility index (Phi) is 5.62. The number of anilines is 2. The third-order valence-corrected chi connectivity index (χ3v) is 2.93. The highest BCUT2D eigenvalue weighted by Gasteiger charge is 2.08. The molecule has 0 aromatic heterocycles. The van der Waals surface area contributed by atoms with Gasteiger partial charge in [0.25, 0.3) is 0 Å². The van der Waals surface area contributed by atoms with Gasteiger partial charge in [-0.05, 0) is 42.0 Å². The molecule has 0 bridgehead atoms. The Hall–Kier alpha value is -3.22. The lowest BCUT2D eigenvalue weighted by molar-refractivity contribution is -0.111. The van der Waals surface area contributed by atoms with E-state index in [1.165, 1.54) is 42.5 Å². The maximum atomic E-state index is 13.6. The Morgan fingerprint density at radius 3 is 2.58 bits per heavy atom. The molecule has 5 nitrogen and oxygen atoms in total. The average Bonchev–Trinajstić information content (AvgIpc) is 2.56. The fraction of sp³-hybridized carbons (Fsp3) is 0.0588. The first kappa shape index (κ1) is 17.1. The average molecular weight is 332 g/mol. The molecule has 0 aliphatic carbocycles. The third-order valence-electron chi connectivity index (χ3n) is 2.93. The number of rotatable bonds is 4. The number of nitrogens with one attached hydrogen (secondary N) is 2. The molecule has 0 aliphatic rings. The first-order chi connectivity index (χ1) is 11.5. The van der Waals surface area contributed by atoms with E-state index in [9.17, 15) is 18.4 Å². The van der Waals surface area contributed by atoms with Crippen molar-refractivity contribution in [3.05, 3.63) is 65.7 Å². The van der Waals surface area contributed by atoms with Crippen LogP contribution in [0.3, 0.4) is 0 Å². The predicted molar refractivity (Wildman–Crippen MR) is 86.5 cm³/mol. The molecule has 0 unspecified atom stereocenters. The van der Waals surface area contributed by atoms with E-state index in [1.807, 2.05) is 0 Å². The van der Waals surface area contributed by atoms with Crippen molar-refractivity contribution in [3.8, 4) is 0 Å². The molecule has 7 heteroatoms. The minimum atomic E-state index is -0.830. The molecular weight excluding hydrogens is 318 g/mol. The van der Waals surface area contributed by atoms with Crippen molar-refractivity contribution in [1.29, 1.82) is 0 Å². The van der Waals surface area contributed by atoms with Crippen LogP contribution in [0.2, 0.25) is 0 Å². The third kappa shape index (κ3) is 4.91. The Morgan fingerprint density at radius 1 is 1.08 bits per heavy atom. The second-order valence-corrected chi connectivity index (χ2v) is 4.69. The summed E-state index contributed by atoms with van der Waals surface area (Å²) in [4.78, 5) is 23.0. The summed E-state index contributed by atoms with van der Waals surface area (Å²) in [6.45, 7) is 0. The molecule has 0 saturated heterocycles. The van der Waals surface area contributed by atoms with Crippen LogP contribution in [0.15, 0.2) is 48.5 Å². The molecule has 0 heterocycles. The van der Waals surface area contributed by atoms with Gasteiger partial charge in [0.05, 0.1) is 12.8 Å². The molecule has 2 amide bonds. The van der Waals surface area contributed by atoms with Gasteiger partial charge in [-0.15, -0.1) is 0 Å². The van der Waals surface area contributed by atoms with Gasteiger partial charge >= 0.3 is 6.09 Å². The molecule has 0 atom stereocenters. The van der Waals surface area contributed by atoms with Gasteiger partial charge in [0.2, 0.25) is 5.91 Å². The SMILES string of the molecule is COC(=O)Nc1cc(NC(=O)/C=C/c2cccc(F)c2)ccc1F. The van der Waals surface area contributed by atoms with Crippen molar-refractivity contribution in [2.24, 2.45) is 0 Å². The lowest BCUT2D eigenvalue weighted by Gasteiger charge is -2.08. The van der Waals surface area contributed by atoms with Crippen LogP contribution in [0, 0.1) is 11.6 Å². The Morgan fingerprint density at radius 2 is 1.88 bits per heavy atom. The van der Waals surface area contributed by atoms with Crippen molar-refractivity contribution in [1.82, 2.24) is 0 Å². The predicted octanol–water partition coefficient (Wildman–Crippen LogP) is 3.80. The molecule has 0 fully saturated rings. The van der Waals surface area contributed by atoms with Gasteiger partial charge < -0.3 is 10.1 Å². The van der Waals surface area contributed by atoms with E-state index >= 15 is 0 Å². The summed E-state index contributed by atoms with van der Waals surface area (Å²) in [7, 11) is 1.15. The number of ether oxygens (including phenoxy) is 1. The maximum Gasteiger partial charge on any atom is 0.411 e. The molecule has 24 heavy (non-hydrogen) atoms. The molecule has 2 N–H and O–H groups in total. The second-order valence-electron chi connectivity index (χ2n) is 4.69. The zero-order chi connectivity index (χ0) is 17.5. The summed E-state index contributed by atoms with van der Waals surface area (Å²) in [5, 5.41) is 4.70. The zero-order valence-corrected chi connectivity index (χ0v) is 12.7. The minimum Gasteiger partial charge on any atom is -0.453 e. The van der Waals surface area contributed by atoms with Crippen molar-refractivity contribution < 1.29 is 23.1 Å². The van der Waals surface area contributed by atoms with E-state index in [1.54, 1.807) is 6.07 Å². The second kappa shape index (κ2) is 7.87. The molecule has 2 aromatic carbocycles. The quantitative estimate of drug-likeness (QED) is 0.837. The van der Waals surface area contributed by atoms with Crippen molar-refractivity contribution >= 4 is 29.5 Å². The lowest BCUT2D eigenvalue weighted by Crippen LogP contribution is -2.13. The number of hydrogen-bond donors (Lipinski definition) is 2. The number of carbonyl (C=O) groups is 2. The number of carbonyl (C=O) groups excluding carboxylic acids is 2. The van der Waals surface area contributed by atoms with Crippen LogP contribution >= 0.6 is 0 Å². The van der Waals surface area contributed by atoms with E-state index < -0.39 is 23.6 Å². The van der Waals surface area contributed by atoms with Crippen LogP contribution in [0.5, 0.6) is 0 Å². The molecule has 2 rings (SSSR count). The Bertz CT molecular complexity index is 791. The van der Waals surface area contributed by atoms with Gasteiger partial charge in [-0.3, -0.25) is 10.1 Å². The van der Waals surface area contributed by atoms with Gasteiger partial charge in [0, 0.05) is 11.8 Å². The summed E-state index contributed by atoms with van der Waals surface area (Å²) >= 11 is 0. The first-order valence-electron chi connectivity index (χ1n) is 6.87. The van der Waals surface area contributed by atoms with Gasteiger partial charge in [-0.2, -0.15) is 0 Å². The van der Waals surface area contributed by atoms with E-state index in [-0.39, 0.29) is 11.4 Å². The summed E-state index contributed by atoms with van der Waals surface area (Å²) in [6, 6.07) is 9.43. The van der Waals surface area contributed by atoms with Crippen LogP contribution in [0.4, 0.5) is 25.0 Å². The van der Waals surface area contributed by atoms with Crippen LogP contribution in [0.25, 0.3) is 6.08 Å². The number of amides is 2. The standard InChI is InChI=1S/C17H14F2N2O3/c1-24-17(23)21-15-10-13(6-7-14(15)19)20-16(22)8-5-11-3-2-4-12(18)9-11/h2-10H,1H3,(H,20,22)(H,21,23)/b8-5+. The molecular formula is C17H14F2N2O3. The highest BCUT2D eigenvalue weighted by atomic mass is 19.1. The van der Waals surface area contributed by atoms with E-state index in [2.05, 4.69) is 15.4 Å². The van der Waals surface area contributed by atoms with E-state index in [0.717, 1.165) is 13.2 Å². The van der Waals surface area contributed by atoms with Crippen molar-refractivity contribution in [2.45, 2.75) is 0 Å². The summed E-state index contributed by atoms with van der Waals surface area (Å²) in [6.07, 6.45) is 1.82. The van der Waals surface area contributed by atoms with Crippen LogP contribution in [0.1, 0.15) is 5.56 Å². The van der Waals surface area contributed by atoms with Crippen molar-refractivity contribution in [3.63, 3.8) is 0 Å². The molecule has 124 valence electrons. The highest BCUT2D eigenvalue weighted by Crippen LogP contribution is 2.20. The number of benzene rings is 2. The number of methoxy groups -OCH3 is 1. The molecule has 0 saturated carbocycles. The minimum absolute atomic E-state index is 0.131. The molecule has 0 spiro atoms. The largest absolute Gasteiger partial charge is 0.453 e. The number of halogens is 2. The maximum absolute atomic E-state index is 13.6. The summed E-state index contributed by atoms with van der Waals surface area (Å²) < 4.78 is 31.0. The van der Waals surface area contributed by atoms with Gasteiger partial charge in [-0.25, -0.2) is 13.6 Å².